The maximum Gasteiger partial charge on any atom is 0.255 e. The molecule has 7 heteroatoms. The first-order chi connectivity index (χ1) is 7.63. The van der Waals surface area contributed by atoms with E-state index in [0.717, 1.165) is 6.20 Å². The van der Waals surface area contributed by atoms with E-state index in [1.165, 1.54) is 0 Å². The summed E-state index contributed by atoms with van der Waals surface area (Å²) in [5.74, 6) is 4.41. The molecule has 1 aromatic heterocycles. The van der Waals surface area contributed by atoms with Gasteiger partial charge >= 0.3 is 0 Å². The summed E-state index contributed by atoms with van der Waals surface area (Å²) in [7, 11) is 0. The molecule has 0 atom stereocenters. The third kappa shape index (κ3) is 3.95. The fourth-order valence-electron chi connectivity index (χ4n) is 0.944. The fraction of sp³-hybridized carbons (Fsp3) is 0.556. The van der Waals surface area contributed by atoms with Crippen LogP contribution in [0.25, 0.3) is 0 Å². The monoisotopic (exact) mass is 230 g/mol. The molecule has 1 aromatic rings. The lowest BCUT2D eigenvalue weighted by atomic mass is 10.5. The standard InChI is InChI=1S/C9H15FN4O2/c1-6(2)15-3-4-16-8-7(10)5-12-9(13-8)14-11/h5-6H,3-4,11H2,1-2H3,(H,12,13,14). The van der Waals surface area contributed by atoms with Gasteiger partial charge in [-0.25, -0.2) is 10.8 Å². The van der Waals surface area contributed by atoms with E-state index in [9.17, 15) is 4.39 Å². The number of anilines is 1. The van der Waals surface area contributed by atoms with Crippen LogP contribution in [0.15, 0.2) is 6.20 Å². The molecule has 0 bridgehead atoms. The minimum absolute atomic E-state index is 0.0983. The van der Waals surface area contributed by atoms with Gasteiger partial charge in [-0.05, 0) is 13.8 Å². The molecule has 0 aromatic carbocycles. The zero-order chi connectivity index (χ0) is 12.0. The summed E-state index contributed by atoms with van der Waals surface area (Å²) in [5, 5.41) is 0. The van der Waals surface area contributed by atoms with Crippen LogP contribution in [0, 0.1) is 5.82 Å². The van der Waals surface area contributed by atoms with Crippen molar-refractivity contribution in [2.75, 3.05) is 18.6 Å². The van der Waals surface area contributed by atoms with E-state index in [1.54, 1.807) is 0 Å². The molecule has 16 heavy (non-hydrogen) atoms. The van der Waals surface area contributed by atoms with Crippen LogP contribution < -0.4 is 16.0 Å². The zero-order valence-electron chi connectivity index (χ0n) is 9.24. The number of nitrogen functional groups attached to an aromatic ring is 1. The third-order valence-corrected chi connectivity index (χ3v) is 1.61. The van der Waals surface area contributed by atoms with Crippen molar-refractivity contribution < 1.29 is 13.9 Å². The average molecular weight is 230 g/mol. The van der Waals surface area contributed by atoms with Gasteiger partial charge in [-0.1, -0.05) is 0 Å². The molecular weight excluding hydrogens is 215 g/mol. The molecular formula is C9H15FN4O2. The molecule has 0 amide bonds. The smallest absolute Gasteiger partial charge is 0.255 e. The second kappa shape index (κ2) is 6.19. The molecule has 90 valence electrons. The molecule has 6 nitrogen and oxygen atoms in total. The van der Waals surface area contributed by atoms with Crippen molar-refractivity contribution >= 4 is 5.95 Å². The summed E-state index contributed by atoms with van der Waals surface area (Å²) in [6.07, 6.45) is 1.10. The number of hydrazine groups is 1. The van der Waals surface area contributed by atoms with Crippen LogP contribution in [0.4, 0.5) is 10.3 Å². The van der Waals surface area contributed by atoms with Gasteiger partial charge in [0.15, 0.2) is 0 Å². The minimum Gasteiger partial charge on any atom is -0.473 e. The molecule has 0 radical (unpaired) electrons. The number of nitrogens with one attached hydrogen (secondary N) is 1. The number of rotatable bonds is 6. The lowest BCUT2D eigenvalue weighted by Gasteiger charge is -2.09. The van der Waals surface area contributed by atoms with Gasteiger partial charge in [0, 0.05) is 0 Å². The van der Waals surface area contributed by atoms with Crippen molar-refractivity contribution in [1.29, 1.82) is 0 Å². The molecule has 0 aliphatic heterocycles. The van der Waals surface area contributed by atoms with E-state index in [0.29, 0.717) is 6.61 Å². The summed E-state index contributed by atoms with van der Waals surface area (Å²) in [4.78, 5) is 7.29. The Bertz CT molecular complexity index is 335. The predicted molar refractivity (Wildman–Crippen MR) is 56.4 cm³/mol. The Morgan fingerprint density at radius 2 is 2.25 bits per heavy atom. The number of hydrogen-bond donors (Lipinski definition) is 2. The van der Waals surface area contributed by atoms with Gasteiger partial charge in [-0.2, -0.15) is 9.37 Å². The zero-order valence-corrected chi connectivity index (χ0v) is 9.24. The predicted octanol–water partition coefficient (Wildman–Crippen LogP) is 0.705. The van der Waals surface area contributed by atoms with Gasteiger partial charge < -0.3 is 9.47 Å². The van der Waals surface area contributed by atoms with E-state index >= 15 is 0 Å². The first-order valence-electron chi connectivity index (χ1n) is 4.87. The average Bonchev–Trinajstić information content (AvgIpc) is 2.26. The number of hydrogen-bond acceptors (Lipinski definition) is 6. The quantitative estimate of drug-likeness (QED) is 0.425. The van der Waals surface area contributed by atoms with Gasteiger partial charge in [-0.3, -0.25) is 5.43 Å². The summed E-state index contributed by atoms with van der Waals surface area (Å²) in [5.41, 5.74) is 2.20. The topological polar surface area (TPSA) is 82.3 Å². The first kappa shape index (κ1) is 12.6. The van der Waals surface area contributed by atoms with Gasteiger partial charge in [-0.15, -0.1) is 0 Å². The number of nitrogens with zero attached hydrogens (tertiary/aromatic N) is 2. The highest BCUT2D eigenvalue weighted by Gasteiger charge is 2.07. The van der Waals surface area contributed by atoms with E-state index in [2.05, 4.69) is 15.4 Å². The summed E-state index contributed by atoms with van der Waals surface area (Å²) in [6.45, 7) is 4.39. The summed E-state index contributed by atoms with van der Waals surface area (Å²) >= 11 is 0. The number of nitrogens with two attached hydrogens (primary N) is 1. The van der Waals surface area contributed by atoms with Crippen LogP contribution in [-0.4, -0.2) is 29.3 Å². The summed E-state index contributed by atoms with van der Waals surface area (Å²) < 4.78 is 23.4. The van der Waals surface area contributed by atoms with E-state index in [4.69, 9.17) is 15.3 Å². The fourth-order valence-corrected chi connectivity index (χ4v) is 0.944. The molecule has 0 unspecified atom stereocenters. The van der Waals surface area contributed by atoms with Crippen LogP contribution in [0.2, 0.25) is 0 Å². The van der Waals surface area contributed by atoms with Crippen LogP contribution >= 0.6 is 0 Å². The van der Waals surface area contributed by atoms with Gasteiger partial charge in [0.1, 0.15) is 6.61 Å². The Morgan fingerprint density at radius 1 is 1.50 bits per heavy atom. The SMILES string of the molecule is CC(C)OCCOc1nc(NN)ncc1F. The first-order valence-corrected chi connectivity index (χ1v) is 4.87. The van der Waals surface area contributed by atoms with Crippen molar-refractivity contribution in [3.05, 3.63) is 12.0 Å². The molecule has 0 fully saturated rings. The molecule has 1 rings (SSSR count). The highest BCUT2D eigenvalue weighted by Crippen LogP contribution is 2.13. The highest BCUT2D eigenvalue weighted by atomic mass is 19.1. The van der Waals surface area contributed by atoms with Gasteiger partial charge in [0.2, 0.25) is 11.8 Å². The molecule has 0 saturated heterocycles. The molecule has 0 saturated carbocycles. The van der Waals surface area contributed by atoms with Crippen molar-refractivity contribution in [2.45, 2.75) is 20.0 Å². The maximum atomic E-state index is 13.1. The summed E-state index contributed by atoms with van der Waals surface area (Å²) in [6, 6.07) is 0. The Labute approximate surface area is 92.9 Å². The van der Waals surface area contributed by atoms with Crippen LogP contribution in [0.3, 0.4) is 0 Å². The normalized spacial score (nSPS) is 10.6. The second-order valence-corrected chi connectivity index (χ2v) is 3.26. The van der Waals surface area contributed by atoms with Crippen molar-refractivity contribution in [3.8, 4) is 5.88 Å². The Balaban J connectivity index is 2.46. The molecule has 3 N–H and O–H groups in total. The third-order valence-electron chi connectivity index (χ3n) is 1.61. The van der Waals surface area contributed by atoms with Gasteiger partial charge in [0.25, 0.3) is 5.88 Å². The molecule has 0 aliphatic rings. The molecule has 0 aliphatic carbocycles. The molecule has 0 spiro atoms. The lowest BCUT2D eigenvalue weighted by molar-refractivity contribution is 0.0533. The second-order valence-electron chi connectivity index (χ2n) is 3.26. The Kier molecular flexibility index (Phi) is 4.87. The van der Waals surface area contributed by atoms with E-state index < -0.39 is 5.82 Å². The highest BCUT2D eigenvalue weighted by molar-refractivity contribution is 5.26. The number of halogens is 1. The van der Waals surface area contributed by atoms with Crippen LogP contribution in [0.5, 0.6) is 5.88 Å². The largest absolute Gasteiger partial charge is 0.473 e. The Morgan fingerprint density at radius 3 is 2.88 bits per heavy atom. The minimum atomic E-state index is -0.636. The number of ether oxygens (including phenoxy) is 2. The van der Waals surface area contributed by atoms with Crippen LogP contribution in [-0.2, 0) is 4.74 Å². The van der Waals surface area contributed by atoms with E-state index in [-0.39, 0.29) is 24.5 Å². The van der Waals surface area contributed by atoms with Crippen molar-refractivity contribution in [2.24, 2.45) is 5.84 Å². The maximum absolute atomic E-state index is 13.1. The van der Waals surface area contributed by atoms with E-state index in [1.807, 2.05) is 13.8 Å². The van der Waals surface area contributed by atoms with Crippen molar-refractivity contribution in [1.82, 2.24) is 9.97 Å². The van der Waals surface area contributed by atoms with Gasteiger partial charge in [0.05, 0.1) is 18.9 Å². The Hall–Kier alpha value is -1.47. The van der Waals surface area contributed by atoms with Crippen molar-refractivity contribution in [3.63, 3.8) is 0 Å². The van der Waals surface area contributed by atoms with Crippen LogP contribution in [0.1, 0.15) is 13.8 Å². The molecule has 1 heterocycles. The number of aromatic nitrogens is 2. The lowest BCUT2D eigenvalue weighted by Crippen LogP contribution is -2.14.